The minimum Gasteiger partial charge on any atom is -0.376 e. The summed E-state index contributed by atoms with van der Waals surface area (Å²) in [6.45, 7) is 4.40. The van der Waals surface area contributed by atoms with E-state index in [2.05, 4.69) is 31.2 Å². The van der Waals surface area contributed by atoms with E-state index in [1.165, 1.54) is 0 Å². The van der Waals surface area contributed by atoms with Crippen LogP contribution in [0.1, 0.15) is 30.9 Å². The van der Waals surface area contributed by atoms with E-state index in [1.54, 1.807) is 0 Å². The molecule has 1 aliphatic rings. The van der Waals surface area contributed by atoms with Crippen molar-refractivity contribution in [1.29, 1.82) is 0 Å². The predicted octanol–water partition coefficient (Wildman–Crippen LogP) is 5.69. The van der Waals surface area contributed by atoms with E-state index in [0.29, 0.717) is 32.8 Å². The summed E-state index contributed by atoms with van der Waals surface area (Å²) in [5, 5.41) is 0. The molecule has 0 aromatic heterocycles. The monoisotopic (exact) mass is 354 g/mol. The van der Waals surface area contributed by atoms with Crippen molar-refractivity contribution in [3.63, 3.8) is 0 Å². The van der Waals surface area contributed by atoms with Gasteiger partial charge in [0.05, 0.1) is 32.8 Å². The Morgan fingerprint density at radius 2 is 1.42 bits per heavy atom. The highest BCUT2D eigenvalue weighted by atomic mass is 19.1. The van der Waals surface area contributed by atoms with E-state index in [-0.39, 0.29) is 11.3 Å². The zero-order valence-corrected chi connectivity index (χ0v) is 15.4. The van der Waals surface area contributed by atoms with Crippen LogP contribution in [-0.4, -0.2) is 13.2 Å². The minimum atomic E-state index is -0.152. The van der Waals surface area contributed by atoms with Gasteiger partial charge in [0.25, 0.3) is 0 Å². The lowest BCUT2D eigenvalue weighted by Gasteiger charge is -2.28. The summed E-state index contributed by atoms with van der Waals surface area (Å²) in [5.74, 6) is 0.237. The van der Waals surface area contributed by atoms with Crippen molar-refractivity contribution in [2.45, 2.75) is 33.0 Å². The van der Waals surface area contributed by atoms with Crippen molar-refractivity contribution in [1.82, 2.24) is 0 Å². The summed E-state index contributed by atoms with van der Waals surface area (Å²) in [5.41, 5.74) is 3.03. The molecule has 2 nitrogen and oxygen atoms in total. The van der Waals surface area contributed by atoms with Crippen LogP contribution in [0.25, 0.3) is 0 Å². The van der Waals surface area contributed by atoms with Gasteiger partial charge in [-0.2, -0.15) is 0 Å². The summed E-state index contributed by atoms with van der Waals surface area (Å²) in [6.07, 6.45) is 2.38. The second-order valence-corrected chi connectivity index (χ2v) is 7.42. The van der Waals surface area contributed by atoms with Crippen molar-refractivity contribution in [3.8, 4) is 0 Å². The van der Waals surface area contributed by atoms with Crippen LogP contribution < -0.4 is 0 Å². The Balaban J connectivity index is 1.59. The minimum absolute atomic E-state index is 0.152. The van der Waals surface area contributed by atoms with Crippen molar-refractivity contribution >= 4 is 0 Å². The standard InChI is InChI=1S/C23H27FO2/c1-19-12-23(13-22(19)14-24,17-25-15-20-8-4-2-5-9-20)18-26-16-21-10-6-3-7-11-21/h2-11,14,19H,12-13,15-18H2,1H3/b22-14-. The summed E-state index contributed by atoms with van der Waals surface area (Å²) in [6, 6.07) is 20.3. The van der Waals surface area contributed by atoms with Crippen LogP contribution in [0.15, 0.2) is 72.6 Å². The van der Waals surface area contributed by atoms with Crippen molar-refractivity contribution in [2.24, 2.45) is 11.3 Å². The van der Waals surface area contributed by atoms with E-state index < -0.39 is 0 Å². The van der Waals surface area contributed by atoms with E-state index in [4.69, 9.17) is 9.47 Å². The summed E-state index contributed by atoms with van der Waals surface area (Å²) < 4.78 is 25.3. The quantitative estimate of drug-likeness (QED) is 0.606. The number of ether oxygens (including phenoxy) is 2. The van der Waals surface area contributed by atoms with Crippen LogP contribution in [-0.2, 0) is 22.7 Å². The average Bonchev–Trinajstić information content (AvgIpc) is 2.99. The molecule has 26 heavy (non-hydrogen) atoms. The van der Waals surface area contributed by atoms with E-state index >= 15 is 0 Å². The van der Waals surface area contributed by atoms with Gasteiger partial charge in [0.1, 0.15) is 0 Å². The van der Waals surface area contributed by atoms with Crippen molar-refractivity contribution < 1.29 is 13.9 Å². The number of hydrogen-bond donors (Lipinski definition) is 0. The molecule has 1 atom stereocenters. The topological polar surface area (TPSA) is 18.5 Å². The van der Waals surface area contributed by atoms with Gasteiger partial charge in [0, 0.05) is 5.41 Å². The van der Waals surface area contributed by atoms with Crippen LogP contribution in [0, 0.1) is 11.3 Å². The second-order valence-electron chi connectivity index (χ2n) is 7.42. The normalized spacial score (nSPS) is 20.5. The molecule has 3 rings (SSSR count). The highest BCUT2D eigenvalue weighted by Gasteiger charge is 2.41. The van der Waals surface area contributed by atoms with Gasteiger partial charge in [0.15, 0.2) is 0 Å². The van der Waals surface area contributed by atoms with Gasteiger partial charge in [0.2, 0.25) is 0 Å². The molecule has 138 valence electrons. The highest BCUT2D eigenvalue weighted by molar-refractivity contribution is 5.16. The Kier molecular flexibility index (Phi) is 6.59. The molecule has 1 fully saturated rings. The maximum atomic E-state index is 13.2. The first-order chi connectivity index (χ1) is 12.7. The molecular weight excluding hydrogens is 327 g/mol. The first-order valence-electron chi connectivity index (χ1n) is 9.23. The van der Waals surface area contributed by atoms with Gasteiger partial charge in [-0.25, -0.2) is 4.39 Å². The molecule has 2 aromatic carbocycles. The maximum absolute atomic E-state index is 13.2. The Bertz CT molecular complexity index is 651. The smallest absolute Gasteiger partial charge is 0.0861 e. The molecule has 1 unspecified atom stereocenters. The molecule has 3 heteroatoms. The molecule has 1 saturated carbocycles. The molecule has 0 saturated heterocycles. The van der Waals surface area contributed by atoms with Crippen LogP contribution in [0.5, 0.6) is 0 Å². The lowest BCUT2D eigenvalue weighted by Crippen LogP contribution is -2.30. The van der Waals surface area contributed by atoms with E-state index in [0.717, 1.165) is 29.5 Å². The Labute approximate surface area is 155 Å². The first-order valence-corrected chi connectivity index (χ1v) is 9.23. The lowest BCUT2D eigenvalue weighted by molar-refractivity contribution is -0.0304. The number of rotatable bonds is 8. The predicted molar refractivity (Wildman–Crippen MR) is 102 cm³/mol. The van der Waals surface area contributed by atoms with Crippen LogP contribution in [0.2, 0.25) is 0 Å². The molecular formula is C23H27FO2. The van der Waals surface area contributed by atoms with E-state index in [1.807, 2.05) is 36.4 Å². The molecule has 2 aromatic rings. The third kappa shape index (κ3) is 5.03. The number of halogens is 1. The number of benzene rings is 2. The summed E-state index contributed by atoms with van der Waals surface area (Å²) in [7, 11) is 0. The number of allylic oxidation sites excluding steroid dienone is 1. The largest absolute Gasteiger partial charge is 0.376 e. The van der Waals surface area contributed by atoms with E-state index in [9.17, 15) is 4.39 Å². The van der Waals surface area contributed by atoms with Crippen molar-refractivity contribution in [3.05, 3.63) is 83.7 Å². The highest BCUT2D eigenvalue weighted by Crippen LogP contribution is 2.46. The summed E-state index contributed by atoms with van der Waals surface area (Å²) in [4.78, 5) is 0. The second kappa shape index (κ2) is 9.11. The fraction of sp³-hybridized carbons (Fsp3) is 0.391. The molecule has 0 heterocycles. The first kappa shape index (κ1) is 18.8. The van der Waals surface area contributed by atoms with Gasteiger partial charge in [-0.3, -0.25) is 0 Å². The Morgan fingerprint density at radius 1 is 0.923 bits per heavy atom. The fourth-order valence-electron chi connectivity index (χ4n) is 3.79. The van der Waals surface area contributed by atoms with Crippen molar-refractivity contribution in [2.75, 3.05) is 13.2 Å². The third-order valence-corrected chi connectivity index (χ3v) is 5.13. The molecule has 0 N–H and O–H groups in total. The molecule has 0 bridgehead atoms. The van der Waals surface area contributed by atoms with Crippen LogP contribution in [0.4, 0.5) is 4.39 Å². The Hall–Kier alpha value is -1.97. The molecule has 1 aliphatic carbocycles. The van der Waals surface area contributed by atoms with Crippen LogP contribution >= 0.6 is 0 Å². The summed E-state index contributed by atoms with van der Waals surface area (Å²) >= 11 is 0. The third-order valence-electron chi connectivity index (χ3n) is 5.13. The fourth-order valence-corrected chi connectivity index (χ4v) is 3.79. The SMILES string of the molecule is CC1CC(COCc2ccccc2)(COCc2ccccc2)C/C1=C/F. The van der Waals surface area contributed by atoms with Gasteiger partial charge >= 0.3 is 0 Å². The number of hydrogen-bond acceptors (Lipinski definition) is 2. The van der Waals surface area contributed by atoms with Gasteiger partial charge in [-0.1, -0.05) is 67.6 Å². The zero-order valence-electron chi connectivity index (χ0n) is 15.4. The zero-order chi connectivity index (χ0) is 18.2. The molecule has 0 radical (unpaired) electrons. The Morgan fingerprint density at radius 3 is 1.85 bits per heavy atom. The van der Waals surface area contributed by atoms with Gasteiger partial charge < -0.3 is 9.47 Å². The molecule has 0 aliphatic heterocycles. The van der Waals surface area contributed by atoms with Crippen LogP contribution in [0.3, 0.4) is 0 Å². The molecule has 0 amide bonds. The average molecular weight is 354 g/mol. The van der Waals surface area contributed by atoms with Gasteiger partial charge in [-0.15, -0.1) is 0 Å². The molecule has 0 spiro atoms. The maximum Gasteiger partial charge on any atom is 0.0861 e. The van der Waals surface area contributed by atoms with Gasteiger partial charge in [-0.05, 0) is 35.5 Å². The lowest BCUT2D eigenvalue weighted by atomic mass is 9.87.